The number of hydrogen-bond donors (Lipinski definition) is 0. The molecule has 9 rings (SSSR count). The smallest absolute Gasteiger partial charge is 0.145 e. The fraction of sp³-hybridized carbons (Fsp3) is 0.0227. The van der Waals surface area contributed by atoms with Gasteiger partial charge in [-0.25, -0.2) is 4.98 Å². The molecule has 48 heavy (non-hydrogen) atoms. The summed E-state index contributed by atoms with van der Waals surface area (Å²) in [6.45, 7) is 2.06. The fourth-order valence-corrected chi connectivity index (χ4v) is 6.63. The van der Waals surface area contributed by atoms with Crippen LogP contribution in [0, 0.1) is 0 Å². The molecule has 0 saturated carbocycles. The highest BCUT2D eigenvalue weighted by Crippen LogP contribution is 2.36. The summed E-state index contributed by atoms with van der Waals surface area (Å²) < 4.78 is 14.5. The lowest BCUT2D eigenvalue weighted by molar-refractivity contribution is 0.604. The van der Waals surface area contributed by atoms with Gasteiger partial charge in [-0.15, -0.1) is 0 Å². The maximum atomic E-state index is 6.29. The lowest BCUT2D eigenvalue weighted by Crippen LogP contribution is -1.97. The van der Waals surface area contributed by atoms with Crippen molar-refractivity contribution >= 4 is 55.6 Å². The molecule has 0 aliphatic rings. The number of aromatic nitrogens is 2. The molecule has 6 aromatic carbocycles. The summed E-state index contributed by atoms with van der Waals surface area (Å²) in [6, 6.07) is 50.4. The van der Waals surface area contributed by atoms with Crippen LogP contribution in [0.3, 0.4) is 0 Å². The van der Waals surface area contributed by atoms with Crippen LogP contribution < -0.4 is 0 Å². The topological polar surface area (TPSA) is 44.1 Å². The van der Waals surface area contributed by atoms with Gasteiger partial charge in [0.1, 0.15) is 28.3 Å². The van der Waals surface area contributed by atoms with E-state index >= 15 is 0 Å². The second-order valence-corrected chi connectivity index (χ2v) is 12.0. The summed E-state index contributed by atoms with van der Waals surface area (Å²) in [5.74, 6) is 1.75. The van der Waals surface area contributed by atoms with E-state index in [1.807, 2.05) is 36.4 Å². The van der Waals surface area contributed by atoms with Gasteiger partial charge in [-0.3, -0.25) is 4.57 Å². The van der Waals surface area contributed by atoms with E-state index < -0.39 is 0 Å². The molecule has 0 aliphatic carbocycles. The van der Waals surface area contributed by atoms with E-state index in [0.717, 1.165) is 89.0 Å². The first-order valence-corrected chi connectivity index (χ1v) is 16.2. The number of benzene rings is 6. The number of fused-ring (bicyclic) bond motifs is 5. The zero-order chi connectivity index (χ0) is 32.0. The Balaban J connectivity index is 1.11. The zero-order valence-electron chi connectivity index (χ0n) is 26.3. The van der Waals surface area contributed by atoms with Gasteiger partial charge in [-0.2, -0.15) is 0 Å². The van der Waals surface area contributed by atoms with E-state index in [1.165, 1.54) is 0 Å². The highest BCUT2D eigenvalue weighted by molar-refractivity contribution is 6.07. The van der Waals surface area contributed by atoms with Gasteiger partial charge >= 0.3 is 0 Å². The summed E-state index contributed by atoms with van der Waals surface area (Å²) in [6.07, 6.45) is 6.27. The number of furan rings is 2. The third-order valence-corrected chi connectivity index (χ3v) is 9.02. The third kappa shape index (κ3) is 4.83. The Bertz CT molecular complexity index is 2640. The Morgan fingerprint density at radius 2 is 1.31 bits per heavy atom. The Kier molecular flexibility index (Phi) is 6.65. The SMILES string of the molecule is C/C=C(\C=C/c1cc2ccccc2o1)c1ccc2oc3ccc(-c4ccc5c(c4)nc(-c4ccccc4)n5-c4ccccc4)cc3c2c1. The van der Waals surface area contributed by atoms with Gasteiger partial charge in [-0.05, 0) is 95.9 Å². The molecule has 9 aromatic rings. The van der Waals surface area contributed by atoms with Crippen LogP contribution in [0.1, 0.15) is 18.2 Å². The van der Waals surface area contributed by atoms with Crippen molar-refractivity contribution in [1.82, 2.24) is 9.55 Å². The van der Waals surface area contributed by atoms with E-state index in [9.17, 15) is 0 Å². The van der Waals surface area contributed by atoms with Crippen LogP contribution in [0.4, 0.5) is 0 Å². The van der Waals surface area contributed by atoms with Crippen molar-refractivity contribution in [3.05, 3.63) is 169 Å². The summed E-state index contributed by atoms with van der Waals surface area (Å²) >= 11 is 0. The van der Waals surface area contributed by atoms with E-state index in [2.05, 4.69) is 139 Å². The van der Waals surface area contributed by atoms with Gasteiger partial charge in [-0.1, -0.05) is 97.1 Å². The average molecular weight is 619 g/mol. The van der Waals surface area contributed by atoms with Gasteiger partial charge in [0.25, 0.3) is 0 Å². The van der Waals surface area contributed by atoms with Crippen molar-refractivity contribution in [3.63, 3.8) is 0 Å². The highest BCUT2D eigenvalue weighted by atomic mass is 16.3. The van der Waals surface area contributed by atoms with Gasteiger partial charge in [0.2, 0.25) is 0 Å². The lowest BCUT2D eigenvalue weighted by Gasteiger charge is -2.09. The molecular weight excluding hydrogens is 588 g/mol. The number of imidazole rings is 1. The molecule has 3 aromatic heterocycles. The minimum atomic E-state index is 0.830. The monoisotopic (exact) mass is 618 g/mol. The van der Waals surface area contributed by atoms with Crippen LogP contribution in [0.2, 0.25) is 0 Å². The van der Waals surface area contributed by atoms with Crippen LogP contribution in [0.15, 0.2) is 167 Å². The predicted molar refractivity (Wildman–Crippen MR) is 198 cm³/mol. The van der Waals surface area contributed by atoms with E-state index in [-0.39, 0.29) is 0 Å². The first-order valence-electron chi connectivity index (χ1n) is 16.2. The van der Waals surface area contributed by atoms with Crippen molar-refractivity contribution < 1.29 is 8.83 Å². The standard InChI is InChI=1S/C44H30N2O2/c1-2-29(17-21-36-25-34-13-9-10-16-41(34)47-36)31-19-23-42-37(26-31)38-27-32(20-24-43(38)48-42)33-18-22-40-39(28-33)45-44(30-11-5-3-6-12-30)46(40)35-14-7-4-8-15-35/h2-28H,1H3/b21-17-,29-2+. The van der Waals surface area contributed by atoms with Gasteiger partial charge in [0.15, 0.2) is 0 Å². The predicted octanol–water partition coefficient (Wildman–Crippen LogP) is 12.1. The molecule has 0 saturated heterocycles. The molecule has 0 amide bonds. The first kappa shape index (κ1) is 27.9. The Morgan fingerprint density at radius 1 is 0.604 bits per heavy atom. The van der Waals surface area contributed by atoms with Crippen LogP contribution in [0.25, 0.3) is 83.8 Å². The molecule has 0 spiro atoms. The molecule has 0 bridgehead atoms. The quantitative estimate of drug-likeness (QED) is 0.174. The van der Waals surface area contributed by atoms with Crippen molar-refractivity contribution in [2.24, 2.45) is 0 Å². The summed E-state index contributed by atoms with van der Waals surface area (Å²) in [4.78, 5) is 5.16. The molecule has 0 N–H and O–H groups in total. The van der Waals surface area contributed by atoms with Crippen molar-refractivity contribution in [2.45, 2.75) is 6.92 Å². The van der Waals surface area contributed by atoms with Crippen LogP contribution in [0.5, 0.6) is 0 Å². The molecule has 4 nitrogen and oxygen atoms in total. The Hall–Kier alpha value is -6.39. The van der Waals surface area contributed by atoms with Crippen molar-refractivity contribution in [1.29, 1.82) is 0 Å². The third-order valence-electron chi connectivity index (χ3n) is 9.02. The van der Waals surface area contributed by atoms with E-state index in [1.54, 1.807) is 0 Å². The molecule has 0 aliphatic heterocycles. The first-order chi connectivity index (χ1) is 23.7. The summed E-state index contributed by atoms with van der Waals surface area (Å²) in [5, 5.41) is 3.27. The zero-order valence-corrected chi connectivity index (χ0v) is 26.3. The maximum absolute atomic E-state index is 6.29. The minimum absolute atomic E-state index is 0.830. The molecule has 0 radical (unpaired) electrons. The maximum Gasteiger partial charge on any atom is 0.145 e. The number of hydrogen-bond acceptors (Lipinski definition) is 3. The molecule has 0 unspecified atom stereocenters. The van der Waals surface area contributed by atoms with Crippen LogP contribution >= 0.6 is 0 Å². The van der Waals surface area contributed by atoms with Crippen LogP contribution in [-0.4, -0.2) is 9.55 Å². The van der Waals surface area contributed by atoms with Crippen molar-refractivity contribution in [3.8, 4) is 28.2 Å². The fourth-order valence-electron chi connectivity index (χ4n) is 6.63. The van der Waals surface area contributed by atoms with Crippen molar-refractivity contribution in [2.75, 3.05) is 0 Å². The highest BCUT2D eigenvalue weighted by Gasteiger charge is 2.16. The van der Waals surface area contributed by atoms with Gasteiger partial charge < -0.3 is 8.83 Å². The molecule has 228 valence electrons. The Morgan fingerprint density at radius 3 is 2.12 bits per heavy atom. The number of rotatable bonds is 6. The molecular formula is C44H30N2O2. The molecule has 0 fully saturated rings. The second kappa shape index (κ2) is 11.4. The second-order valence-electron chi connectivity index (χ2n) is 12.0. The minimum Gasteiger partial charge on any atom is -0.457 e. The molecule has 0 atom stereocenters. The molecule has 4 heteroatoms. The Labute approximate surface area is 277 Å². The number of para-hydroxylation sites is 2. The summed E-state index contributed by atoms with van der Waals surface area (Å²) in [5.41, 5.74) is 11.3. The van der Waals surface area contributed by atoms with E-state index in [4.69, 9.17) is 13.8 Å². The average Bonchev–Trinajstić information content (AvgIpc) is 3.85. The van der Waals surface area contributed by atoms with Crippen LogP contribution in [-0.2, 0) is 0 Å². The lowest BCUT2D eigenvalue weighted by atomic mass is 9.99. The van der Waals surface area contributed by atoms with E-state index in [0.29, 0.717) is 0 Å². The normalized spacial score (nSPS) is 12.3. The largest absolute Gasteiger partial charge is 0.457 e. The molecule has 3 heterocycles. The van der Waals surface area contributed by atoms with Gasteiger partial charge in [0, 0.05) is 27.4 Å². The number of nitrogens with zero attached hydrogens (tertiary/aromatic N) is 2. The number of allylic oxidation sites excluding steroid dienone is 3. The van der Waals surface area contributed by atoms with Gasteiger partial charge in [0.05, 0.1) is 11.0 Å². The summed E-state index contributed by atoms with van der Waals surface area (Å²) in [7, 11) is 0.